The van der Waals surface area contributed by atoms with Crippen LogP contribution in [0.25, 0.3) is 0 Å². The fraction of sp³-hybridized carbons (Fsp3) is 0.312. The van der Waals surface area contributed by atoms with Gasteiger partial charge in [0.15, 0.2) is 0 Å². The van der Waals surface area contributed by atoms with Gasteiger partial charge in [-0.05, 0) is 42.7 Å². The van der Waals surface area contributed by atoms with Gasteiger partial charge in [-0.25, -0.2) is 4.98 Å². The standard InChI is InChI=1S/C16H21N3/c1-4-15(17)14-11-18-16(10-12(14)2)19(3)13-8-6-5-7-9-13/h5-11,15H,4,17H2,1-3H3. The normalized spacial score (nSPS) is 12.2. The lowest BCUT2D eigenvalue weighted by Gasteiger charge is -2.20. The van der Waals surface area contributed by atoms with Crippen molar-refractivity contribution >= 4 is 11.5 Å². The highest BCUT2D eigenvalue weighted by molar-refractivity contribution is 5.59. The van der Waals surface area contributed by atoms with E-state index < -0.39 is 0 Å². The molecule has 100 valence electrons. The van der Waals surface area contributed by atoms with E-state index in [1.54, 1.807) is 0 Å². The third-order valence-corrected chi connectivity index (χ3v) is 3.46. The molecule has 1 aromatic carbocycles. The summed E-state index contributed by atoms with van der Waals surface area (Å²) in [5.41, 5.74) is 9.53. The lowest BCUT2D eigenvalue weighted by Crippen LogP contribution is -2.14. The molecular formula is C16H21N3. The van der Waals surface area contributed by atoms with Crippen LogP contribution in [-0.2, 0) is 0 Å². The molecular weight excluding hydrogens is 234 g/mol. The molecule has 2 aromatic rings. The van der Waals surface area contributed by atoms with Gasteiger partial charge < -0.3 is 10.6 Å². The summed E-state index contributed by atoms with van der Waals surface area (Å²) in [6.07, 6.45) is 2.83. The Morgan fingerprint density at radius 2 is 1.95 bits per heavy atom. The molecule has 1 unspecified atom stereocenters. The highest BCUT2D eigenvalue weighted by atomic mass is 15.2. The van der Waals surface area contributed by atoms with Crippen LogP contribution in [0.3, 0.4) is 0 Å². The number of anilines is 2. The Morgan fingerprint density at radius 3 is 2.53 bits per heavy atom. The molecule has 1 heterocycles. The van der Waals surface area contributed by atoms with Gasteiger partial charge in [0, 0.05) is 25.0 Å². The third kappa shape index (κ3) is 2.93. The predicted molar refractivity (Wildman–Crippen MR) is 80.7 cm³/mol. The number of para-hydroxylation sites is 1. The van der Waals surface area contributed by atoms with E-state index in [0.717, 1.165) is 23.5 Å². The second-order valence-electron chi connectivity index (χ2n) is 4.81. The Balaban J connectivity index is 2.30. The predicted octanol–water partition coefficient (Wildman–Crippen LogP) is 3.57. The summed E-state index contributed by atoms with van der Waals surface area (Å²) in [4.78, 5) is 6.61. The van der Waals surface area contributed by atoms with Crippen LogP contribution in [0.2, 0.25) is 0 Å². The zero-order valence-corrected chi connectivity index (χ0v) is 11.8. The van der Waals surface area contributed by atoms with Crippen molar-refractivity contribution in [3.63, 3.8) is 0 Å². The molecule has 0 radical (unpaired) electrons. The monoisotopic (exact) mass is 255 g/mol. The zero-order chi connectivity index (χ0) is 13.8. The van der Waals surface area contributed by atoms with Crippen LogP contribution in [0, 0.1) is 6.92 Å². The minimum absolute atomic E-state index is 0.0728. The molecule has 19 heavy (non-hydrogen) atoms. The van der Waals surface area contributed by atoms with Crippen molar-refractivity contribution in [2.24, 2.45) is 5.73 Å². The molecule has 2 rings (SSSR count). The van der Waals surface area contributed by atoms with Gasteiger partial charge in [0.05, 0.1) is 0 Å². The Morgan fingerprint density at radius 1 is 1.26 bits per heavy atom. The maximum Gasteiger partial charge on any atom is 0.132 e. The highest BCUT2D eigenvalue weighted by Crippen LogP contribution is 2.25. The number of hydrogen-bond donors (Lipinski definition) is 1. The minimum atomic E-state index is 0.0728. The smallest absolute Gasteiger partial charge is 0.132 e. The van der Waals surface area contributed by atoms with Crippen LogP contribution in [0.5, 0.6) is 0 Å². The van der Waals surface area contributed by atoms with Crippen LogP contribution >= 0.6 is 0 Å². The van der Waals surface area contributed by atoms with Gasteiger partial charge in [0.25, 0.3) is 0 Å². The van der Waals surface area contributed by atoms with Gasteiger partial charge in [0.1, 0.15) is 5.82 Å². The van der Waals surface area contributed by atoms with Crippen LogP contribution in [0.4, 0.5) is 11.5 Å². The molecule has 1 aromatic heterocycles. The van der Waals surface area contributed by atoms with E-state index in [-0.39, 0.29) is 6.04 Å². The molecule has 0 aliphatic carbocycles. The van der Waals surface area contributed by atoms with Gasteiger partial charge in [-0.1, -0.05) is 25.1 Å². The van der Waals surface area contributed by atoms with Crippen LogP contribution in [-0.4, -0.2) is 12.0 Å². The quantitative estimate of drug-likeness (QED) is 0.908. The lowest BCUT2D eigenvalue weighted by atomic mass is 10.0. The number of rotatable bonds is 4. The molecule has 2 N–H and O–H groups in total. The molecule has 0 amide bonds. The van der Waals surface area contributed by atoms with Crippen molar-refractivity contribution in [2.75, 3.05) is 11.9 Å². The van der Waals surface area contributed by atoms with Gasteiger partial charge in [0.2, 0.25) is 0 Å². The fourth-order valence-corrected chi connectivity index (χ4v) is 2.13. The Bertz CT molecular complexity index is 537. The number of hydrogen-bond acceptors (Lipinski definition) is 3. The molecule has 3 nitrogen and oxygen atoms in total. The van der Waals surface area contributed by atoms with Crippen molar-refractivity contribution in [3.05, 3.63) is 53.7 Å². The first-order valence-corrected chi connectivity index (χ1v) is 6.64. The van der Waals surface area contributed by atoms with Crippen LogP contribution in [0.15, 0.2) is 42.6 Å². The Kier molecular flexibility index (Phi) is 4.17. The topological polar surface area (TPSA) is 42.1 Å². The first-order valence-electron chi connectivity index (χ1n) is 6.64. The largest absolute Gasteiger partial charge is 0.329 e. The van der Waals surface area contributed by atoms with Gasteiger partial charge in [-0.15, -0.1) is 0 Å². The molecule has 0 fully saturated rings. The second kappa shape index (κ2) is 5.85. The summed E-state index contributed by atoms with van der Waals surface area (Å²) in [5, 5.41) is 0. The number of benzene rings is 1. The van der Waals surface area contributed by atoms with E-state index in [0.29, 0.717) is 0 Å². The van der Waals surface area contributed by atoms with Gasteiger partial charge in [-0.2, -0.15) is 0 Å². The van der Waals surface area contributed by atoms with Crippen molar-refractivity contribution in [1.29, 1.82) is 0 Å². The van der Waals surface area contributed by atoms with Crippen molar-refractivity contribution in [2.45, 2.75) is 26.3 Å². The van der Waals surface area contributed by atoms with E-state index in [1.807, 2.05) is 31.4 Å². The first-order chi connectivity index (χ1) is 9.13. The van der Waals surface area contributed by atoms with Gasteiger partial charge >= 0.3 is 0 Å². The maximum atomic E-state index is 6.08. The third-order valence-electron chi connectivity index (χ3n) is 3.46. The summed E-state index contributed by atoms with van der Waals surface area (Å²) >= 11 is 0. The van der Waals surface area contributed by atoms with E-state index in [1.165, 1.54) is 5.56 Å². The molecule has 3 heteroatoms. The summed E-state index contributed by atoms with van der Waals surface area (Å²) in [6.45, 7) is 4.18. The van der Waals surface area contributed by atoms with Gasteiger partial charge in [-0.3, -0.25) is 0 Å². The summed E-state index contributed by atoms with van der Waals surface area (Å²) in [6, 6.07) is 12.4. The Labute approximate surface area is 115 Å². The summed E-state index contributed by atoms with van der Waals surface area (Å²) in [7, 11) is 2.02. The fourth-order valence-electron chi connectivity index (χ4n) is 2.13. The molecule has 0 saturated carbocycles. The van der Waals surface area contributed by atoms with Crippen molar-refractivity contribution in [3.8, 4) is 0 Å². The number of nitrogens with two attached hydrogens (primary N) is 1. The average Bonchev–Trinajstić information content (AvgIpc) is 2.46. The van der Waals surface area contributed by atoms with E-state index >= 15 is 0 Å². The van der Waals surface area contributed by atoms with Crippen LogP contribution < -0.4 is 10.6 Å². The maximum absolute atomic E-state index is 6.08. The Hall–Kier alpha value is -1.87. The number of aryl methyl sites for hydroxylation is 1. The molecule has 0 aliphatic rings. The highest BCUT2D eigenvalue weighted by Gasteiger charge is 2.11. The average molecular weight is 255 g/mol. The molecule has 0 saturated heterocycles. The molecule has 0 bridgehead atoms. The van der Waals surface area contributed by atoms with Crippen molar-refractivity contribution < 1.29 is 0 Å². The minimum Gasteiger partial charge on any atom is -0.329 e. The zero-order valence-electron chi connectivity index (χ0n) is 11.8. The molecule has 0 spiro atoms. The number of pyridine rings is 1. The van der Waals surface area contributed by atoms with E-state index in [9.17, 15) is 0 Å². The van der Waals surface area contributed by atoms with Crippen LogP contribution in [0.1, 0.15) is 30.5 Å². The number of nitrogens with zero attached hydrogens (tertiary/aromatic N) is 2. The second-order valence-corrected chi connectivity index (χ2v) is 4.81. The van der Waals surface area contributed by atoms with Crippen molar-refractivity contribution in [1.82, 2.24) is 4.98 Å². The summed E-state index contributed by atoms with van der Waals surface area (Å²) in [5.74, 6) is 0.941. The first kappa shape index (κ1) is 13.6. The lowest BCUT2D eigenvalue weighted by molar-refractivity contribution is 0.690. The SMILES string of the molecule is CCC(N)c1cnc(N(C)c2ccccc2)cc1C. The van der Waals surface area contributed by atoms with E-state index in [2.05, 4.69) is 41.9 Å². The summed E-state index contributed by atoms with van der Waals surface area (Å²) < 4.78 is 0. The molecule has 1 atom stereocenters. The number of aromatic nitrogens is 1. The van der Waals surface area contributed by atoms with E-state index in [4.69, 9.17) is 5.73 Å². The molecule has 0 aliphatic heterocycles.